The first-order chi connectivity index (χ1) is 7.56. The maximum atomic E-state index is 11.1. The number of Topliss-reactive ketones (excluding diaryl/α,β-unsaturated/α-hetero) is 1. The number of allylic oxidation sites excluding steroid dienone is 1. The lowest BCUT2D eigenvalue weighted by Crippen LogP contribution is -1.92. The van der Waals surface area contributed by atoms with Crippen molar-refractivity contribution in [2.75, 3.05) is 14.2 Å². The van der Waals surface area contributed by atoms with Gasteiger partial charge in [-0.2, -0.15) is 0 Å². The maximum absolute atomic E-state index is 11.1. The van der Waals surface area contributed by atoms with Crippen molar-refractivity contribution < 1.29 is 14.3 Å². The van der Waals surface area contributed by atoms with E-state index in [1.165, 1.54) is 0 Å². The van der Waals surface area contributed by atoms with Gasteiger partial charge in [0.1, 0.15) is 11.5 Å². The van der Waals surface area contributed by atoms with Crippen LogP contribution < -0.4 is 9.47 Å². The third-order valence-electron chi connectivity index (χ3n) is 2.31. The van der Waals surface area contributed by atoms with Crippen molar-refractivity contribution >= 4 is 11.9 Å². The zero-order chi connectivity index (χ0) is 12.1. The Kier molecular flexibility index (Phi) is 4.11. The van der Waals surface area contributed by atoms with Crippen LogP contribution in [0, 0.1) is 0 Å². The van der Waals surface area contributed by atoms with Crippen molar-refractivity contribution in [1.82, 2.24) is 0 Å². The molecular formula is C13H16O3. The second-order valence-corrected chi connectivity index (χ2v) is 3.53. The van der Waals surface area contributed by atoms with Gasteiger partial charge in [0.05, 0.1) is 14.2 Å². The molecule has 0 aromatic heterocycles. The summed E-state index contributed by atoms with van der Waals surface area (Å²) in [7, 11) is 3.19. The van der Waals surface area contributed by atoms with Crippen LogP contribution in [0.5, 0.6) is 11.5 Å². The first-order valence-electron chi connectivity index (χ1n) is 4.99. The third-order valence-corrected chi connectivity index (χ3v) is 2.31. The van der Waals surface area contributed by atoms with Crippen LogP contribution in [0.1, 0.15) is 19.4 Å². The highest BCUT2D eigenvalue weighted by Crippen LogP contribution is 2.24. The van der Waals surface area contributed by atoms with Gasteiger partial charge in [-0.3, -0.25) is 4.79 Å². The largest absolute Gasteiger partial charge is 0.497 e. The molecule has 0 spiro atoms. The molecule has 0 bridgehead atoms. The van der Waals surface area contributed by atoms with Gasteiger partial charge in [0, 0.05) is 6.07 Å². The highest BCUT2D eigenvalue weighted by atomic mass is 16.5. The van der Waals surface area contributed by atoms with E-state index in [1.54, 1.807) is 34.1 Å². The normalized spacial score (nSPS) is 11.1. The first kappa shape index (κ1) is 12.3. The molecule has 0 aliphatic heterocycles. The van der Waals surface area contributed by atoms with Gasteiger partial charge >= 0.3 is 0 Å². The van der Waals surface area contributed by atoms with Gasteiger partial charge in [-0.05, 0) is 43.2 Å². The Bertz CT molecular complexity index is 397. The van der Waals surface area contributed by atoms with Gasteiger partial charge < -0.3 is 9.47 Å². The van der Waals surface area contributed by atoms with Crippen LogP contribution in [0.15, 0.2) is 23.8 Å². The monoisotopic (exact) mass is 220 g/mol. The molecule has 1 rings (SSSR count). The number of hydrogen-bond acceptors (Lipinski definition) is 3. The summed E-state index contributed by atoms with van der Waals surface area (Å²) in [5.41, 5.74) is 1.60. The molecule has 0 amide bonds. The van der Waals surface area contributed by atoms with Crippen LogP contribution in [-0.2, 0) is 4.79 Å². The molecule has 0 fully saturated rings. The van der Waals surface area contributed by atoms with Gasteiger partial charge in [-0.15, -0.1) is 0 Å². The standard InChI is InChI=1S/C13H16O3/c1-9(10(2)14)5-11-6-12(15-3)8-13(7-11)16-4/h5-8H,1-4H3/b9-5-. The summed E-state index contributed by atoms with van der Waals surface area (Å²) < 4.78 is 10.3. The molecule has 0 saturated carbocycles. The molecule has 0 heterocycles. The van der Waals surface area contributed by atoms with Crippen LogP contribution in [0.3, 0.4) is 0 Å². The van der Waals surface area contributed by atoms with Gasteiger partial charge in [0.2, 0.25) is 0 Å². The quantitative estimate of drug-likeness (QED) is 0.732. The fourth-order valence-corrected chi connectivity index (χ4v) is 1.26. The predicted octanol–water partition coefficient (Wildman–Crippen LogP) is 2.70. The van der Waals surface area contributed by atoms with E-state index in [1.807, 2.05) is 18.2 Å². The number of ether oxygens (including phenoxy) is 2. The van der Waals surface area contributed by atoms with E-state index >= 15 is 0 Å². The second-order valence-electron chi connectivity index (χ2n) is 3.53. The minimum absolute atomic E-state index is 0.0572. The van der Waals surface area contributed by atoms with Crippen LogP contribution >= 0.6 is 0 Å². The number of ketones is 1. The van der Waals surface area contributed by atoms with Crippen LogP contribution in [-0.4, -0.2) is 20.0 Å². The van der Waals surface area contributed by atoms with E-state index in [4.69, 9.17) is 9.47 Å². The minimum atomic E-state index is 0.0572. The highest BCUT2D eigenvalue weighted by Gasteiger charge is 2.02. The zero-order valence-electron chi connectivity index (χ0n) is 10.0. The molecule has 3 heteroatoms. The van der Waals surface area contributed by atoms with E-state index in [0.29, 0.717) is 17.1 Å². The van der Waals surface area contributed by atoms with Gasteiger partial charge in [0.15, 0.2) is 5.78 Å². The molecule has 1 aromatic carbocycles. The number of methoxy groups -OCH3 is 2. The van der Waals surface area contributed by atoms with Crippen molar-refractivity contribution in [3.05, 3.63) is 29.3 Å². The number of carbonyl (C=O) groups is 1. The van der Waals surface area contributed by atoms with Crippen LogP contribution in [0.25, 0.3) is 6.08 Å². The van der Waals surface area contributed by atoms with Gasteiger partial charge in [-0.25, -0.2) is 0 Å². The van der Waals surface area contributed by atoms with Gasteiger partial charge in [-0.1, -0.05) is 0 Å². The summed E-state index contributed by atoms with van der Waals surface area (Å²) in [5, 5.41) is 0. The Morgan fingerprint density at radius 1 is 1.06 bits per heavy atom. The highest BCUT2D eigenvalue weighted by molar-refractivity contribution is 5.97. The van der Waals surface area contributed by atoms with Crippen molar-refractivity contribution in [1.29, 1.82) is 0 Å². The van der Waals surface area contributed by atoms with Crippen molar-refractivity contribution in [2.45, 2.75) is 13.8 Å². The Morgan fingerprint density at radius 2 is 1.56 bits per heavy atom. The summed E-state index contributed by atoms with van der Waals surface area (Å²) in [6, 6.07) is 5.50. The molecule has 0 aliphatic rings. The number of carbonyl (C=O) groups excluding carboxylic acids is 1. The lowest BCUT2D eigenvalue weighted by atomic mass is 10.1. The first-order valence-corrected chi connectivity index (χ1v) is 4.99. The lowest BCUT2D eigenvalue weighted by molar-refractivity contribution is -0.113. The Morgan fingerprint density at radius 3 is 1.94 bits per heavy atom. The molecule has 0 atom stereocenters. The smallest absolute Gasteiger partial charge is 0.155 e. The molecule has 0 unspecified atom stereocenters. The Labute approximate surface area is 95.7 Å². The Balaban J connectivity index is 3.13. The molecule has 0 radical (unpaired) electrons. The lowest BCUT2D eigenvalue weighted by Gasteiger charge is -2.06. The summed E-state index contributed by atoms with van der Waals surface area (Å²) in [4.78, 5) is 11.1. The van der Waals surface area contributed by atoms with E-state index in [2.05, 4.69) is 0 Å². The fourth-order valence-electron chi connectivity index (χ4n) is 1.26. The predicted molar refractivity (Wildman–Crippen MR) is 63.9 cm³/mol. The molecule has 0 aliphatic carbocycles. The maximum Gasteiger partial charge on any atom is 0.155 e. The van der Waals surface area contributed by atoms with Crippen molar-refractivity contribution in [3.63, 3.8) is 0 Å². The summed E-state index contributed by atoms with van der Waals surface area (Å²) in [5.74, 6) is 1.48. The molecule has 1 aromatic rings. The average molecular weight is 220 g/mol. The minimum Gasteiger partial charge on any atom is -0.497 e. The summed E-state index contributed by atoms with van der Waals surface area (Å²) >= 11 is 0. The van der Waals surface area contributed by atoms with E-state index in [9.17, 15) is 4.79 Å². The number of hydrogen-bond donors (Lipinski definition) is 0. The van der Waals surface area contributed by atoms with Gasteiger partial charge in [0.25, 0.3) is 0 Å². The Hall–Kier alpha value is -1.77. The van der Waals surface area contributed by atoms with Crippen molar-refractivity contribution in [2.24, 2.45) is 0 Å². The summed E-state index contributed by atoms with van der Waals surface area (Å²) in [6.45, 7) is 3.33. The van der Waals surface area contributed by atoms with Crippen molar-refractivity contribution in [3.8, 4) is 11.5 Å². The van der Waals surface area contributed by atoms with E-state index in [-0.39, 0.29) is 5.78 Å². The van der Waals surface area contributed by atoms with E-state index in [0.717, 1.165) is 5.56 Å². The van der Waals surface area contributed by atoms with Crippen LogP contribution in [0.4, 0.5) is 0 Å². The van der Waals surface area contributed by atoms with E-state index < -0.39 is 0 Å². The average Bonchev–Trinajstić information content (AvgIpc) is 2.28. The topological polar surface area (TPSA) is 35.5 Å². The molecule has 0 N–H and O–H groups in total. The number of benzene rings is 1. The SMILES string of the molecule is COc1cc(/C=C(/C)C(C)=O)cc(OC)c1. The van der Waals surface area contributed by atoms with Crippen LogP contribution in [0.2, 0.25) is 0 Å². The molecule has 3 nitrogen and oxygen atoms in total. The summed E-state index contributed by atoms with van der Waals surface area (Å²) in [6.07, 6.45) is 1.81. The zero-order valence-corrected chi connectivity index (χ0v) is 10.0. The third kappa shape index (κ3) is 3.12. The second kappa shape index (κ2) is 5.35. The fraction of sp³-hybridized carbons (Fsp3) is 0.308. The molecule has 86 valence electrons. The molecule has 0 saturated heterocycles. The number of rotatable bonds is 4. The molecular weight excluding hydrogens is 204 g/mol. The molecule has 16 heavy (non-hydrogen) atoms.